The van der Waals surface area contributed by atoms with Crippen LogP contribution in [-0.2, 0) is 89.9 Å². The van der Waals surface area contributed by atoms with E-state index in [1.54, 1.807) is 142 Å². The molecule has 0 saturated heterocycles. The molecular weight excluding hydrogens is 1670 g/mol. The summed E-state index contributed by atoms with van der Waals surface area (Å²) in [4.78, 5) is 0. The van der Waals surface area contributed by atoms with Crippen molar-refractivity contribution in [3.05, 3.63) is 307 Å². The Morgan fingerprint density at radius 3 is 0.530 bits per heavy atom. The van der Waals surface area contributed by atoms with Gasteiger partial charge in [0.15, 0.2) is 92.0 Å². The Bertz CT molecular complexity index is 5170. The molecule has 700 valence electrons. The molecule has 20 nitrogen and oxygen atoms in total. The molecule has 0 aliphatic heterocycles. The van der Waals surface area contributed by atoms with E-state index in [-0.39, 0.29) is 23.7 Å². The molecule has 0 bridgehead atoms. The summed E-state index contributed by atoms with van der Waals surface area (Å²) in [6.07, 6.45) is 13.8. The van der Waals surface area contributed by atoms with Crippen molar-refractivity contribution in [3.63, 3.8) is 0 Å². The first-order valence-electron chi connectivity index (χ1n) is 44.7. The fraction of sp³-hybridized carbons (Fsp3) is 0.357. The van der Waals surface area contributed by atoms with Crippen molar-refractivity contribution in [2.75, 3.05) is 142 Å². The second-order valence-electron chi connectivity index (χ2n) is 32.6. The Balaban J connectivity index is 0.000000255. The van der Waals surface area contributed by atoms with Crippen LogP contribution in [0.5, 0.6) is 115 Å². The number of benzene rings is 12. The van der Waals surface area contributed by atoms with Crippen molar-refractivity contribution >= 4 is 0 Å². The molecule has 0 fully saturated rings. The largest absolute Gasteiger partial charge is 0.493 e. The zero-order valence-electron chi connectivity index (χ0n) is 80.6. The van der Waals surface area contributed by atoms with Crippen molar-refractivity contribution in [3.8, 4) is 115 Å². The molecule has 12 rings (SSSR count). The van der Waals surface area contributed by atoms with Crippen LogP contribution in [0.15, 0.2) is 218 Å². The minimum absolute atomic E-state index is 0.148. The fourth-order valence-electron chi connectivity index (χ4n) is 17.7. The number of aryl methyl sites for hydroxylation is 10. The van der Waals surface area contributed by atoms with E-state index in [1.165, 1.54) is 66.8 Å². The first-order valence-corrected chi connectivity index (χ1v) is 44.7. The monoisotopic (exact) mass is 1800 g/mol. The summed E-state index contributed by atoms with van der Waals surface area (Å²) >= 11 is 0. The van der Waals surface area contributed by atoms with E-state index < -0.39 is 0 Å². The van der Waals surface area contributed by atoms with Crippen LogP contribution in [0, 0.1) is 11.8 Å². The van der Waals surface area contributed by atoms with Crippen LogP contribution in [0.2, 0.25) is 0 Å². The second-order valence-corrected chi connectivity index (χ2v) is 32.6. The van der Waals surface area contributed by atoms with Gasteiger partial charge in [0.05, 0.1) is 142 Å². The molecular formula is C112H132O20. The maximum atomic E-state index is 5.88. The van der Waals surface area contributed by atoms with Crippen molar-refractivity contribution < 1.29 is 94.7 Å². The standard InChI is InChI=1S/2C56H66O10/c2*1-57-47-27-24-41(31-49(47)59-3)23-25-44(29-39-17-11-37(12-18-39)15-21-42-32-51(61-5)55(65-9)52(33-42)62-6)46(45-26-28-48(58-2)50(36-45)60-4)30-40-19-13-38(14-20-40)16-22-43-34-53(63-7)56(66-10)54(35-43)64-8/h2*11-14,17-20,24,26-28,31-36,44,46H,15-16,21-23,25,29-30H2,1-10H3/t2*44-,46-/m10/s1. The number of methoxy groups -OCH3 is 20. The van der Waals surface area contributed by atoms with E-state index in [9.17, 15) is 0 Å². The van der Waals surface area contributed by atoms with Crippen LogP contribution in [0.25, 0.3) is 0 Å². The summed E-state index contributed by atoms with van der Waals surface area (Å²) in [5.41, 5.74) is 19.4. The zero-order valence-corrected chi connectivity index (χ0v) is 80.6. The summed E-state index contributed by atoms with van der Waals surface area (Å²) in [5, 5.41) is 0. The van der Waals surface area contributed by atoms with E-state index >= 15 is 0 Å². The lowest BCUT2D eigenvalue weighted by Crippen LogP contribution is -2.20. The zero-order chi connectivity index (χ0) is 94.0. The van der Waals surface area contributed by atoms with Crippen molar-refractivity contribution in [1.82, 2.24) is 0 Å². The average molecular weight is 1800 g/mol. The highest BCUT2D eigenvalue weighted by molar-refractivity contribution is 5.58. The van der Waals surface area contributed by atoms with Gasteiger partial charge < -0.3 is 94.7 Å². The fourth-order valence-corrected chi connectivity index (χ4v) is 17.7. The molecule has 0 aliphatic carbocycles. The van der Waals surface area contributed by atoms with Crippen LogP contribution in [-0.4, -0.2) is 142 Å². The van der Waals surface area contributed by atoms with E-state index in [4.69, 9.17) is 94.7 Å². The van der Waals surface area contributed by atoms with Gasteiger partial charge in [-0.25, -0.2) is 0 Å². The molecule has 0 N–H and O–H groups in total. The van der Waals surface area contributed by atoms with Crippen LogP contribution in [0.3, 0.4) is 0 Å². The quantitative estimate of drug-likeness (QED) is 0.0350. The third kappa shape index (κ3) is 26.1. The van der Waals surface area contributed by atoms with Gasteiger partial charge in [-0.1, -0.05) is 121 Å². The first kappa shape index (κ1) is 99.2. The molecule has 0 amide bonds. The number of hydrogen-bond acceptors (Lipinski definition) is 20. The smallest absolute Gasteiger partial charge is 0.203 e. The summed E-state index contributed by atoms with van der Waals surface area (Å²) in [7, 11) is 33.1. The number of hydrogen-bond donors (Lipinski definition) is 0. The SMILES string of the molecule is COc1ccc(CC[C@@H](Cc2ccc(CCc3cc(OC)c(OC)c(OC)c3)cc2)[C@H](Cc2ccc(CCc3cc(OC)c(OC)c(OC)c3)cc2)c2ccc(OC)c(OC)c2)cc1OC.COc1ccc(CC[C@H](Cc2ccc(CCc3cc(OC)c(OC)c(OC)c3)cc2)[C@@H](Cc2ccc(CCc3cc(OC)c(OC)c(OC)c3)cc2)c2ccc(OC)c(OC)c2)cc1OC. The number of ether oxygens (including phenoxy) is 20. The lowest BCUT2D eigenvalue weighted by Gasteiger charge is -2.29. The molecule has 0 radical (unpaired) electrons. The summed E-state index contributed by atoms with van der Waals surface area (Å²) in [6, 6.07) is 77.9. The highest BCUT2D eigenvalue weighted by Gasteiger charge is 2.30. The van der Waals surface area contributed by atoms with Gasteiger partial charge in [0.1, 0.15) is 0 Å². The van der Waals surface area contributed by atoms with Gasteiger partial charge in [-0.05, 0) is 312 Å². The van der Waals surface area contributed by atoms with Crippen molar-refractivity contribution in [2.45, 2.75) is 115 Å². The number of rotatable bonds is 50. The van der Waals surface area contributed by atoms with Gasteiger partial charge in [0.25, 0.3) is 0 Å². The Hall–Kier alpha value is -13.4. The molecule has 0 aliphatic rings. The summed E-state index contributed by atoms with van der Waals surface area (Å²) in [5.74, 6) is 14.2. The molecule has 0 unspecified atom stereocenters. The Labute approximate surface area is 781 Å². The predicted octanol–water partition coefficient (Wildman–Crippen LogP) is 22.3. The topological polar surface area (TPSA) is 185 Å². The second kappa shape index (κ2) is 50.2. The van der Waals surface area contributed by atoms with Gasteiger partial charge in [-0.3, -0.25) is 0 Å². The van der Waals surface area contributed by atoms with Gasteiger partial charge in [0.2, 0.25) is 23.0 Å². The molecule has 0 heterocycles. The molecule has 0 saturated carbocycles. The van der Waals surface area contributed by atoms with Gasteiger partial charge in [-0.2, -0.15) is 0 Å². The van der Waals surface area contributed by atoms with E-state index in [2.05, 4.69) is 146 Å². The van der Waals surface area contributed by atoms with Crippen LogP contribution >= 0.6 is 0 Å². The predicted molar refractivity (Wildman–Crippen MR) is 522 cm³/mol. The Morgan fingerprint density at radius 2 is 0.318 bits per heavy atom. The van der Waals surface area contributed by atoms with E-state index in [0.29, 0.717) is 80.5 Å². The van der Waals surface area contributed by atoms with Crippen LogP contribution in [0.1, 0.15) is 114 Å². The summed E-state index contributed by atoms with van der Waals surface area (Å²) < 4.78 is 113. The minimum Gasteiger partial charge on any atom is -0.493 e. The average Bonchev–Trinajstić information content (AvgIpc) is 0.796. The van der Waals surface area contributed by atoms with E-state index in [0.717, 1.165) is 159 Å². The lowest BCUT2D eigenvalue weighted by molar-refractivity contribution is 0.324. The minimum atomic E-state index is 0.148. The molecule has 20 heteroatoms. The molecule has 0 aromatic heterocycles. The highest BCUT2D eigenvalue weighted by atomic mass is 16.6. The summed E-state index contributed by atoms with van der Waals surface area (Å²) in [6.45, 7) is 0. The van der Waals surface area contributed by atoms with Crippen LogP contribution < -0.4 is 94.7 Å². The van der Waals surface area contributed by atoms with Gasteiger partial charge in [-0.15, -0.1) is 0 Å². The maximum Gasteiger partial charge on any atom is 0.203 e. The highest BCUT2D eigenvalue weighted by Crippen LogP contribution is 2.46. The van der Waals surface area contributed by atoms with Crippen molar-refractivity contribution in [2.24, 2.45) is 11.8 Å². The van der Waals surface area contributed by atoms with Crippen LogP contribution in [0.4, 0.5) is 0 Å². The molecule has 0 spiro atoms. The van der Waals surface area contributed by atoms with Gasteiger partial charge in [0, 0.05) is 0 Å². The third-order valence-corrected chi connectivity index (χ3v) is 25.0. The van der Waals surface area contributed by atoms with Crippen molar-refractivity contribution in [1.29, 1.82) is 0 Å². The molecule has 4 atom stereocenters. The first-order chi connectivity index (χ1) is 64.4. The Morgan fingerprint density at radius 1 is 0.144 bits per heavy atom. The third-order valence-electron chi connectivity index (χ3n) is 25.0. The van der Waals surface area contributed by atoms with E-state index in [1.807, 2.05) is 72.8 Å². The maximum absolute atomic E-state index is 5.88. The van der Waals surface area contributed by atoms with Gasteiger partial charge >= 0.3 is 0 Å². The molecule has 12 aromatic carbocycles. The lowest BCUT2D eigenvalue weighted by atomic mass is 9.75. The Kier molecular flexibility index (Phi) is 37.7. The molecule has 132 heavy (non-hydrogen) atoms. The molecule has 12 aromatic rings. The normalized spacial score (nSPS) is 11.8.